The molecule has 2 aromatic carbocycles. The van der Waals surface area contributed by atoms with Crippen LogP contribution in [0.1, 0.15) is 36.8 Å². The zero-order valence-electron chi connectivity index (χ0n) is 14.5. The van der Waals surface area contributed by atoms with E-state index in [1.54, 1.807) is 0 Å². The van der Waals surface area contributed by atoms with E-state index >= 15 is 0 Å². The Kier molecular flexibility index (Phi) is 5.71. The molecule has 3 atom stereocenters. The minimum absolute atomic E-state index is 0.00687. The fourth-order valence-electron chi connectivity index (χ4n) is 2.99. The second-order valence-corrected chi connectivity index (χ2v) is 6.59. The van der Waals surface area contributed by atoms with Gasteiger partial charge in [0.05, 0.1) is 12.6 Å². The molecule has 3 rings (SSSR count). The van der Waals surface area contributed by atoms with E-state index in [0.29, 0.717) is 6.61 Å². The second kappa shape index (κ2) is 8.17. The molecule has 0 aromatic heterocycles. The average Bonchev–Trinajstić information content (AvgIpc) is 3.46. The third kappa shape index (κ3) is 4.60. The van der Waals surface area contributed by atoms with Crippen LogP contribution in [-0.4, -0.2) is 23.7 Å². The maximum absolute atomic E-state index is 12.2. The van der Waals surface area contributed by atoms with Crippen LogP contribution in [0.5, 0.6) is 5.75 Å². The quantitative estimate of drug-likeness (QED) is 0.776. The van der Waals surface area contributed by atoms with E-state index in [0.717, 1.165) is 24.2 Å². The molecular weight excluding hydrogens is 314 g/mol. The number of ether oxygens (including phenoxy) is 1. The van der Waals surface area contributed by atoms with Gasteiger partial charge < -0.3 is 15.2 Å². The number of carbonyl (C=O) groups is 1. The summed E-state index contributed by atoms with van der Waals surface area (Å²) in [7, 11) is 0. The number of benzene rings is 2. The number of aliphatic hydroxyl groups is 1. The Morgan fingerprint density at radius 3 is 2.56 bits per heavy atom. The summed E-state index contributed by atoms with van der Waals surface area (Å²) < 4.78 is 5.80. The van der Waals surface area contributed by atoms with Gasteiger partial charge in [0.25, 0.3) is 0 Å². The van der Waals surface area contributed by atoms with Crippen molar-refractivity contribution in [1.29, 1.82) is 0 Å². The predicted octanol–water partition coefficient (Wildman–Crippen LogP) is 3.26. The summed E-state index contributed by atoms with van der Waals surface area (Å²) in [6, 6.07) is 18.0. The second-order valence-electron chi connectivity index (χ2n) is 6.59. The summed E-state index contributed by atoms with van der Waals surface area (Å²) >= 11 is 0. The first-order chi connectivity index (χ1) is 12.2. The predicted molar refractivity (Wildman–Crippen MR) is 97.4 cm³/mol. The average molecular weight is 339 g/mol. The Morgan fingerprint density at radius 1 is 1.20 bits per heavy atom. The van der Waals surface area contributed by atoms with E-state index in [2.05, 4.69) is 5.32 Å². The molecule has 0 aliphatic heterocycles. The topological polar surface area (TPSA) is 58.6 Å². The van der Waals surface area contributed by atoms with Crippen LogP contribution in [-0.2, 0) is 11.4 Å². The zero-order valence-corrected chi connectivity index (χ0v) is 14.5. The summed E-state index contributed by atoms with van der Waals surface area (Å²) in [5.41, 5.74) is 2.31. The maximum Gasteiger partial charge on any atom is 0.224 e. The number of amides is 1. The molecule has 25 heavy (non-hydrogen) atoms. The Bertz CT molecular complexity index is 680. The van der Waals surface area contributed by atoms with E-state index < -0.39 is 0 Å². The van der Waals surface area contributed by atoms with Crippen molar-refractivity contribution in [2.75, 3.05) is 6.61 Å². The number of hydrogen-bond donors (Lipinski definition) is 2. The summed E-state index contributed by atoms with van der Waals surface area (Å²) in [5, 5.41) is 12.1. The van der Waals surface area contributed by atoms with Gasteiger partial charge in [-0.3, -0.25) is 4.79 Å². The van der Waals surface area contributed by atoms with Gasteiger partial charge in [-0.1, -0.05) is 49.4 Å². The van der Waals surface area contributed by atoms with Crippen LogP contribution in [0.3, 0.4) is 0 Å². The van der Waals surface area contributed by atoms with E-state index in [1.807, 2.05) is 61.5 Å². The van der Waals surface area contributed by atoms with Crippen LogP contribution < -0.4 is 10.1 Å². The minimum Gasteiger partial charge on any atom is -0.489 e. The van der Waals surface area contributed by atoms with Crippen molar-refractivity contribution in [2.24, 2.45) is 5.92 Å². The first kappa shape index (κ1) is 17.5. The molecule has 3 unspecified atom stereocenters. The summed E-state index contributed by atoms with van der Waals surface area (Å²) in [4.78, 5) is 12.2. The smallest absolute Gasteiger partial charge is 0.224 e. The highest BCUT2D eigenvalue weighted by atomic mass is 16.5. The standard InChI is InChI=1S/C21H25NO3/c1-2-17(13-23)22-21(24)20-12-19(20)16-8-10-18(11-9-16)25-14-15-6-4-3-5-7-15/h3-11,17,19-20,23H,2,12-14H2,1H3,(H,22,24). The van der Waals surface area contributed by atoms with Gasteiger partial charge in [-0.15, -0.1) is 0 Å². The van der Waals surface area contributed by atoms with Gasteiger partial charge >= 0.3 is 0 Å². The Balaban J connectivity index is 1.51. The lowest BCUT2D eigenvalue weighted by Gasteiger charge is -2.13. The molecule has 1 aliphatic rings. The fourth-order valence-corrected chi connectivity index (χ4v) is 2.99. The third-order valence-electron chi connectivity index (χ3n) is 4.74. The Morgan fingerprint density at radius 2 is 1.92 bits per heavy atom. The van der Waals surface area contributed by atoms with E-state index in [9.17, 15) is 9.90 Å². The van der Waals surface area contributed by atoms with Crippen LogP contribution in [0, 0.1) is 5.92 Å². The molecule has 0 radical (unpaired) electrons. The van der Waals surface area contributed by atoms with Crippen molar-refractivity contribution >= 4 is 5.91 Å². The number of rotatable bonds is 8. The molecule has 0 bridgehead atoms. The summed E-state index contributed by atoms with van der Waals surface area (Å²) in [6.07, 6.45) is 1.62. The highest BCUT2D eigenvalue weighted by Gasteiger charge is 2.44. The molecule has 2 aromatic rings. The molecule has 4 heteroatoms. The molecule has 132 valence electrons. The van der Waals surface area contributed by atoms with Crippen molar-refractivity contribution in [3.63, 3.8) is 0 Å². The number of aliphatic hydroxyl groups excluding tert-OH is 1. The monoisotopic (exact) mass is 339 g/mol. The largest absolute Gasteiger partial charge is 0.489 e. The molecule has 2 N–H and O–H groups in total. The molecular formula is C21H25NO3. The van der Waals surface area contributed by atoms with Crippen molar-refractivity contribution in [2.45, 2.75) is 38.3 Å². The molecule has 4 nitrogen and oxygen atoms in total. The molecule has 0 saturated heterocycles. The van der Waals surface area contributed by atoms with E-state index in [1.165, 1.54) is 5.56 Å². The zero-order chi connectivity index (χ0) is 17.6. The van der Waals surface area contributed by atoms with Gasteiger partial charge in [0.15, 0.2) is 0 Å². The van der Waals surface area contributed by atoms with Gasteiger partial charge in [-0.05, 0) is 42.0 Å². The van der Waals surface area contributed by atoms with Gasteiger partial charge in [0.2, 0.25) is 5.91 Å². The number of nitrogens with one attached hydrogen (secondary N) is 1. The van der Waals surface area contributed by atoms with E-state index in [-0.39, 0.29) is 30.4 Å². The number of hydrogen-bond acceptors (Lipinski definition) is 3. The molecule has 0 heterocycles. The Labute approximate surface area is 148 Å². The molecule has 1 aliphatic carbocycles. The highest BCUT2D eigenvalue weighted by Crippen LogP contribution is 2.47. The van der Waals surface area contributed by atoms with Gasteiger partial charge in [-0.25, -0.2) is 0 Å². The fraction of sp³-hybridized carbons (Fsp3) is 0.381. The molecule has 1 amide bonds. The van der Waals surface area contributed by atoms with Gasteiger partial charge in [0.1, 0.15) is 12.4 Å². The SMILES string of the molecule is CCC(CO)NC(=O)C1CC1c1ccc(OCc2ccccc2)cc1. The first-order valence-electron chi connectivity index (χ1n) is 8.89. The van der Waals surface area contributed by atoms with E-state index in [4.69, 9.17) is 4.74 Å². The van der Waals surface area contributed by atoms with Gasteiger partial charge in [0, 0.05) is 5.92 Å². The van der Waals surface area contributed by atoms with Crippen LogP contribution in [0.4, 0.5) is 0 Å². The molecule has 1 fully saturated rings. The van der Waals surface area contributed by atoms with Crippen LogP contribution in [0.25, 0.3) is 0 Å². The highest BCUT2D eigenvalue weighted by molar-refractivity contribution is 5.83. The Hall–Kier alpha value is -2.33. The first-order valence-corrected chi connectivity index (χ1v) is 8.89. The maximum atomic E-state index is 12.2. The molecule has 0 spiro atoms. The lowest BCUT2D eigenvalue weighted by atomic mass is 10.1. The van der Waals surface area contributed by atoms with Crippen molar-refractivity contribution in [3.05, 3.63) is 65.7 Å². The normalized spacial score (nSPS) is 19.9. The summed E-state index contributed by atoms with van der Waals surface area (Å²) in [6.45, 7) is 2.50. The lowest BCUT2D eigenvalue weighted by Crippen LogP contribution is -2.38. The molecule has 1 saturated carbocycles. The van der Waals surface area contributed by atoms with Gasteiger partial charge in [-0.2, -0.15) is 0 Å². The van der Waals surface area contributed by atoms with Crippen LogP contribution in [0.15, 0.2) is 54.6 Å². The van der Waals surface area contributed by atoms with Crippen LogP contribution >= 0.6 is 0 Å². The third-order valence-corrected chi connectivity index (χ3v) is 4.74. The van der Waals surface area contributed by atoms with Crippen molar-refractivity contribution in [1.82, 2.24) is 5.32 Å². The lowest BCUT2D eigenvalue weighted by molar-refractivity contribution is -0.123. The summed E-state index contributed by atoms with van der Waals surface area (Å²) in [5.74, 6) is 1.19. The van der Waals surface area contributed by atoms with Crippen molar-refractivity contribution < 1.29 is 14.6 Å². The number of carbonyl (C=O) groups excluding carboxylic acids is 1. The van der Waals surface area contributed by atoms with Crippen LogP contribution in [0.2, 0.25) is 0 Å². The van der Waals surface area contributed by atoms with Crippen molar-refractivity contribution in [3.8, 4) is 5.75 Å². The minimum atomic E-state index is -0.137.